The van der Waals surface area contributed by atoms with Crippen molar-refractivity contribution < 1.29 is 17.9 Å². The van der Waals surface area contributed by atoms with Gasteiger partial charge in [0.25, 0.3) is 6.43 Å². The molecule has 3 aromatic rings. The van der Waals surface area contributed by atoms with E-state index in [4.69, 9.17) is 4.74 Å². The number of halogens is 3. The Labute approximate surface area is 178 Å². The highest BCUT2D eigenvalue weighted by atomic mass is 19.3. The van der Waals surface area contributed by atoms with Crippen LogP contribution in [-0.4, -0.2) is 35.5 Å². The Bertz CT molecular complexity index is 1140. The van der Waals surface area contributed by atoms with Gasteiger partial charge in [0.15, 0.2) is 5.82 Å². The third-order valence-electron chi connectivity index (χ3n) is 6.29. The Morgan fingerprint density at radius 2 is 1.94 bits per heavy atom. The molecule has 2 fully saturated rings. The number of rotatable bonds is 5. The van der Waals surface area contributed by atoms with Gasteiger partial charge in [-0.05, 0) is 32.4 Å². The minimum Gasteiger partial charge on any atom is -0.374 e. The SMILES string of the molecule is Cc1nnc(NC(C)c2cccc(C(F)F)c2F)c2cc(N3C[C@H]4C[C@@H]3CO4)ccc12. The van der Waals surface area contributed by atoms with E-state index in [1.54, 1.807) is 6.92 Å². The van der Waals surface area contributed by atoms with Gasteiger partial charge in [-0.25, -0.2) is 13.2 Å². The number of anilines is 2. The van der Waals surface area contributed by atoms with Gasteiger partial charge in [0.05, 0.1) is 36.1 Å². The highest BCUT2D eigenvalue weighted by molar-refractivity contribution is 5.95. The number of fused-ring (bicyclic) bond motifs is 3. The van der Waals surface area contributed by atoms with Crippen LogP contribution in [0.5, 0.6) is 0 Å². The molecule has 2 saturated heterocycles. The Balaban J connectivity index is 1.50. The highest BCUT2D eigenvalue weighted by Crippen LogP contribution is 2.36. The first-order valence-electron chi connectivity index (χ1n) is 10.4. The van der Waals surface area contributed by atoms with E-state index < -0.39 is 23.8 Å². The molecule has 1 aromatic heterocycles. The molecule has 0 saturated carbocycles. The molecule has 0 spiro atoms. The number of aryl methyl sites for hydroxylation is 1. The Kier molecular flexibility index (Phi) is 4.97. The van der Waals surface area contributed by atoms with E-state index in [-0.39, 0.29) is 11.7 Å². The standard InChI is InChI=1S/C23H23F3N4O/c1-12(18-4-3-5-19(21(18)24)22(25)26)27-23-20-9-14(6-7-17(20)13(2)28-29-23)30-10-16-8-15(30)11-31-16/h3-7,9,12,15-16,22H,8,10-11H2,1-2H3,(H,27,29)/t12?,15-,16-/m1/s1. The largest absolute Gasteiger partial charge is 0.374 e. The molecule has 0 aliphatic carbocycles. The van der Waals surface area contributed by atoms with Crippen molar-refractivity contribution in [1.29, 1.82) is 0 Å². The first-order chi connectivity index (χ1) is 14.9. The van der Waals surface area contributed by atoms with Crippen LogP contribution in [0.3, 0.4) is 0 Å². The number of aromatic nitrogens is 2. The van der Waals surface area contributed by atoms with Crippen molar-refractivity contribution in [1.82, 2.24) is 10.2 Å². The zero-order valence-electron chi connectivity index (χ0n) is 17.3. The summed E-state index contributed by atoms with van der Waals surface area (Å²) < 4.78 is 46.6. The van der Waals surface area contributed by atoms with Crippen LogP contribution in [0.15, 0.2) is 36.4 Å². The van der Waals surface area contributed by atoms with Gasteiger partial charge in [-0.15, -0.1) is 5.10 Å². The normalized spacial score (nSPS) is 21.3. The average Bonchev–Trinajstić information content (AvgIpc) is 3.39. The fourth-order valence-electron chi connectivity index (χ4n) is 4.63. The molecule has 1 N–H and O–H groups in total. The van der Waals surface area contributed by atoms with E-state index in [2.05, 4.69) is 32.5 Å². The molecule has 5 nitrogen and oxygen atoms in total. The minimum atomic E-state index is -2.87. The minimum absolute atomic E-state index is 0.165. The fraction of sp³-hybridized carbons (Fsp3) is 0.391. The number of nitrogens with one attached hydrogen (secondary N) is 1. The molecule has 2 aliphatic heterocycles. The van der Waals surface area contributed by atoms with Crippen LogP contribution < -0.4 is 10.2 Å². The summed E-state index contributed by atoms with van der Waals surface area (Å²) in [6, 6.07) is 10.0. The molecule has 162 valence electrons. The number of alkyl halides is 2. The van der Waals surface area contributed by atoms with Gasteiger partial charge in [0.1, 0.15) is 5.82 Å². The van der Waals surface area contributed by atoms with E-state index in [1.165, 1.54) is 12.1 Å². The van der Waals surface area contributed by atoms with Crippen LogP contribution in [0.25, 0.3) is 10.8 Å². The number of ether oxygens (including phenoxy) is 1. The maximum absolute atomic E-state index is 14.6. The first-order valence-corrected chi connectivity index (χ1v) is 10.4. The van der Waals surface area contributed by atoms with Gasteiger partial charge in [-0.1, -0.05) is 24.3 Å². The number of nitrogens with zero attached hydrogens (tertiary/aromatic N) is 3. The van der Waals surface area contributed by atoms with Crippen LogP contribution in [-0.2, 0) is 4.74 Å². The van der Waals surface area contributed by atoms with Gasteiger partial charge in [-0.3, -0.25) is 0 Å². The zero-order valence-corrected chi connectivity index (χ0v) is 17.3. The van der Waals surface area contributed by atoms with Crippen molar-refractivity contribution in [3.8, 4) is 0 Å². The van der Waals surface area contributed by atoms with Crippen molar-refractivity contribution in [2.45, 2.75) is 44.9 Å². The second-order valence-electron chi connectivity index (χ2n) is 8.28. The number of hydrogen-bond acceptors (Lipinski definition) is 5. The number of hydrogen-bond donors (Lipinski definition) is 1. The van der Waals surface area contributed by atoms with E-state index in [9.17, 15) is 13.2 Å². The van der Waals surface area contributed by atoms with E-state index >= 15 is 0 Å². The van der Waals surface area contributed by atoms with Crippen LogP contribution in [0.2, 0.25) is 0 Å². The topological polar surface area (TPSA) is 50.3 Å². The lowest BCUT2D eigenvalue weighted by Gasteiger charge is -2.29. The molecular weight excluding hydrogens is 405 g/mol. The van der Waals surface area contributed by atoms with Crippen LogP contribution in [0, 0.1) is 12.7 Å². The summed E-state index contributed by atoms with van der Waals surface area (Å²) in [5.41, 5.74) is 1.44. The Hall–Kier alpha value is -2.87. The molecule has 3 heterocycles. The molecule has 1 unspecified atom stereocenters. The number of morpholine rings is 1. The van der Waals surface area contributed by atoms with Crippen molar-refractivity contribution in [3.05, 3.63) is 59.0 Å². The van der Waals surface area contributed by atoms with Crippen molar-refractivity contribution in [2.24, 2.45) is 0 Å². The zero-order chi connectivity index (χ0) is 21.7. The lowest BCUT2D eigenvalue weighted by Crippen LogP contribution is -2.36. The third-order valence-corrected chi connectivity index (χ3v) is 6.29. The molecule has 0 radical (unpaired) electrons. The molecule has 2 aromatic carbocycles. The number of benzene rings is 2. The van der Waals surface area contributed by atoms with Crippen LogP contribution >= 0.6 is 0 Å². The molecule has 3 atom stereocenters. The van der Waals surface area contributed by atoms with E-state index in [1.807, 2.05) is 13.0 Å². The van der Waals surface area contributed by atoms with Crippen LogP contribution in [0.1, 0.15) is 42.6 Å². The molecule has 2 bridgehead atoms. The molecule has 5 rings (SSSR count). The van der Waals surface area contributed by atoms with Crippen LogP contribution in [0.4, 0.5) is 24.7 Å². The Morgan fingerprint density at radius 1 is 1.13 bits per heavy atom. The second kappa shape index (κ2) is 7.67. The summed E-state index contributed by atoms with van der Waals surface area (Å²) in [7, 11) is 0. The van der Waals surface area contributed by atoms with Crippen molar-refractivity contribution >= 4 is 22.3 Å². The van der Waals surface area contributed by atoms with Gasteiger partial charge < -0.3 is 15.0 Å². The van der Waals surface area contributed by atoms with Gasteiger partial charge in [0.2, 0.25) is 0 Å². The summed E-state index contributed by atoms with van der Waals surface area (Å²) >= 11 is 0. The van der Waals surface area contributed by atoms with Gasteiger partial charge in [0, 0.05) is 28.6 Å². The first kappa shape index (κ1) is 20.1. The summed E-state index contributed by atoms with van der Waals surface area (Å²) in [5.74, 6) is -0.395. The second-order valence-corrected chi connectivity index (χ2v) is 8.28. The molecule has 2 aliphatic rings. The predicted molar refractivity (Wildman–Crippen MR) is 113 cm³/mol. The monoisotopic (exact) mass is 428 g/mol. The van der Waals surface area contributed by atoms with Crippen molar-refractivity contribution in [2.75, 3.05) is 23.4 Å². The summed E-state index contributed by atoms with van der Waals surface area (Å²) in [6.07, 6.45) is -1.55. The lowest BCUT2D eigenvalue weighted by molar-refractivity contribution is 0.0991. The maximum atomic E-state index is 14.6. The highest BCUT2D eigenvalue weighted by Gasteiger charge is 2.39. The quantitative estimate of drug-likeness (QED) is 0.608. The van der Waals surface area contributed by atoms with Gasteiger partial charge in [-0.2, -0.15) is 5.10 Å². The third kappa shape index (κ3) is 3.48. The average molecular weight is 428 g/mol. The molecule has 8 heteroatoms. The lowest BCUT2D eigenvalue weighted by atomic mass is 10.0. The predicted octanol–water partition coefficient (Wildman–Crippen LogP) is 5.17. The molecule has 0 amide bonds. The molecular formula is C23H23F3N4O. The summed E-state index contributed by atoms with van der Waals surface area (Å²) in [6.45, 7) is 5.21. The summed E-state index contributed by atoms with van der Waals surface area (Å²) in [4.78, 5) is 2.35. The fourth-order valence-corrected chi connectivity index (χ4v) is 4.63. The molecule has 31 heavy (non-hydrogen) atoms. The van der Waals surface area contributed by atoms with Crippen molar-refractivity contribution in [3.63, 3.8) is 0 Å². The van der Waals surface area contributed by atoms with E-state index in [0.29, 0.717) is 11.9 Å². The van der Waals surface area contributed by atoms with Gasteiger partial charge >= 0.3 is 0 Å². The summed E-state index contributed by atoms with van der Waals surface area (Å²) in [5, 5.41) is 13.5. The maximum Gasteiger partial charge on any atom is 0.266 e. The van der Waals surface area contributed by atoms with E-state index in [0.717, 1.165) is 47.8 Å². The Morgan fingerprint density at radius 3 is 2.65 bits per heavy atom. The smallest absolute Gasteiger partial charge is 0.266 e.